The molecule has 300 valence electrons. The summed E-state index contributed by atoms with van der Waals surface area (Å²) < 4.78 is 39.7. The highest BCUT2D eigenvalue weighted by Crippen LogP contribution is 2.40. The number of ketones is 1. The summed E-state index contributed by atoms with van der Waals surface area (Å²) in [7, 11) is -0.280. The molecule has 0 aliphatic heterocycles. The van der Waals surface area contributed by atoms with E-state index in [1.165, 1.54) is 14.2 Å². The fourth-order valence-corrected chi connectivity index (χ4v) is 7.48. The highest BCUT2D eigenvalue weighted by Gasteiger charge is 2.42. The summed E-state index contributed by atoms with van der Waals surface area (Å²) in [5, 5.41) is -0.0881. The molecule has 0 N–H and O–H groups in total. The number of esters is 1. The quantitative estimate of drug-likeness (QED) is 0.0371. The third-order valence-corrected chi connectivity index (χ3v) is 19.1. The van der Waals surface area contributed by atoms with Crippen molar-refractivity contribution in [3.63, 3.8) is 0 Å². The van der Waals surface area contributed by atoms with Gasteiger partial charge in [-0.2, -0.15) is 0 Å². The molecule has 10 nitrogen and oxygen atoms in total. The van der Waals surface area contributed by atoms with Crippen molar-refractivity contribution in [2.45, 2.75) is 135 Å². The first-order chi connectivity index (χ1) is 24.5. The van der Waals surface area contributed by atoms with E-state index in [1.54, 1.807) is 13.2 Å². The lowest BCUT2D eigenvalue weighted by atomic mass is 10.0. The van der Waals surface area contributed by atoms with Gasteiger partial charge < -0.3 is 32.5 Å². The summed E-state index contributed by atoms with van der Waals surface area (Å²) in [5.74, 6) is -0.00959. The van der Waals surface area contributed by atoms with Crippen molar-refractivity contribution >= 4 is 34.5 Å². The molecule has 0 unspecified atom stereocenters. The zero-order valence-electron chi connectivity index (χ0n) is 34.9. The number of hydrogen-bond donors (Lipinski definition) is 0. The van der Waals surface area contributed by atoms with Gasteiger partial charge in [0.25, 0.3) is 0 Å². The van der Waals surface area contributed by atoms with Crippen LogP contribution in [0.4, 0.5) is 4.79 Å². The first kappa shape index (κ1) is 48.0. The number of methoxy groups -OCH3 is 3. The van der Waals surface area contributed by atoms with E-state index in [2.05, 4.69) is 78.5 Å². The number of allylic oxidation sites excluding steroid dienone is 2. The van der Waals surface area contributed by atoms with E-state index >= 15 is 0 Å². The molecule has 53 heavy (non-hydrogen) atoms. The van der Waals surface area contributed by atoms with Gasteiger partial charge in [-0.1, -0.05) is 97.1 Å². The molecule has 0 aromatic heterocycles. The van der Waals surface area contributed by atoms with Crippen LogP contribution < -0.4 is 4.74 Å². The van der Waals surface area contributed by atoms with Gasteiger partial charge in [-0.15, -0.1) is 0 Å². The maximum atomic E-state index is 13.0. The lowest BCUT2D eigenvalue weighted by Gasteiger charge is -2.42. The second-order valence-corrected chi connectivity index (χ2v) is 26.0. The van der Waals surface area contributed by atoms with Gasteiger partial charge in [0, 0.05) is 12.3 Å². The molecule has 0 amide bonds. The molecule has 0 aliphatic rings. The maximum Gasteiger partial charge on any atom is 0.508 e. The van der Waals surface area contributed by atoms with Gasteiger partial charge in [0.15, 0.2) is 16.6 Å². The van der Waals surface area contributed by atoms with Gasteiger partial charge in [-0.3, -0.25) is 9.59 Å². The fraction of sp³-hybridized carbons (Fsp3) is 0.634. The van der Waals surface area contributed by atoms with Gasteiger partial charge in [0.1, 0.15) is 24.6 Å². The number of benzene rings is 1. The van der Waals surface area contributed by atoms with E-state index in [9.17, 15) is 14.4 Å². The topological polar surface area (TPSA) is 116 Å². The second kappa shape index (κ2) is 22.4. The summed E-state index contributed by atoms with van der Waals surface area (Å²) in [5.41, 5.74) is 1.01. The Balaban J connectivity index is 3.31. The Labute approximate surface area is 321 Å². The number of carbonyl (C=O) groups excluding carboxylic acids is 3. The van der Waals surface area contributed by atoms with E-state index in [4.69, 9.17) is 27.8 Å². The molecule has 1 rings (SSSR count). The van der Waals surface area contributed by atoms with Gasteiger partial charge in [0.05, 0.1) is 46.2 Å². The van der Waals surface area contributed by atoms with Crippen molar-refractivity contribution in [2.24, 2.45) is 5.92 Å². The molecule has 0 saturated heterocycles. The van der Waals surface area contributed by atoms with E-state index < -0.39 is 34.9 Å². The first-order valence-corrected chi connectivity index (χ1v) is 24.3. The Morgan fingerprint density at radius 3 is 1.89 bits per heavy atom. The SMILES string of the molecule is COC(=O)CC(=O)C[C@@H](C[C@@H](C/C=C/C=C\[C@@H](OCc1ccc(OC)cc1)[C@H](C)/C=C/COC(=O)OC)O[Si](C)(C)C(C)(C)C)O[Si](C)(C)C(C)(C)C. The molecule has 0 aliphatic carbocycles. The Hall–Kier alpha value is -3.04. The zero-order valence-corrected chi connectivity index (χ0v) is 36.9. The molecule has 0 saturated carbocycles. The monoisotopic (exact) mass is 776 g/mol. The minimum Gasteiger partial charge on any atom is -0.497 e. The molecule has 0 spiro atoms. The zero-order chi connectivity index (χ0) is 40.5. The number of hydrogen-bond acceptors (Lipinski definition) is 10. The van der Waals surface area contributed by atoms with Crippen LogP contribution in [0.25, 0.3) is 0 Å². The highest BCUT2D eigenvalue weighted by molar-refractivity contribution is 6.74. The third-order valence-electron chi connectivity index (χ3n) is 10.1. The second-order valence-electron chi connectivity index (χ2n) is 16.5. The van der Waals surface area contributed by atoms with Crippen LogP contribution in [0.15, 0.2) is 60.7 Å². The molecular weight excluding hydrogens is 709 g/mol. The Morgan fingerprint density at radius 2 is 1.36 bits per heavy atom. The minimum atomic E-state index is -2.27. The number of rotatable bonds is 22. The lowest BCUT2D eigenvalue weighted by Crippen LogP contribution is -2.47. The van der Waals surface area contributed by atoms with Crippen LogP contribution in [0.2, 0.25) is 36.3 Å². The van der Waals surface area contributed by atoms with E-state index in [0.717, 1.165) is 11.3 Å². The first-order valence-electron chi connectivity index (χ1n) is 18.4. The fourth-order valence-electron chi connectivity index (χ4n) is 4.74. The lowest BCUT2D eigenvalue weighted by molar-refractivity contribution is -0.143. The van der Waals surface area contributed by atoms with Crippen LogP contribution in [0.3, 0.4) is 0 Å². The number of carbonyl (C=O) groups is 3. The van der Waals surface area contributed by atoms with Crippen molar-refractivity contribution in [3.05, 3.63) is 66.3 Å². The molecule has 1 aromatic carbocycles. The number of ether oxygens (including phenoxy) is 5. The van der Waals surface area contributed by atoms with Crippen molar-refractivity contribution in [1.82, 2.24) is 0 Å². The van der Waals surface area contributed by atoms with Crippen molar-refractivity contribution in [1.29, 1.82) is 0 Å². The molecule has 0 heterocycles. The molecule has 1 aromatic rings. The molecule has 0 fully saturated rings. The summed E-state index contributed by atoms with van der Waals surface area (Å²) in [6.45, 7) is 24.5. The van der Waals surface area contributed by atoms with Crippen LogP contribution in [0.5, 0.6) is 5.75 Å². The standard InChI is InChI=1S/C41H68O10Si2/c1-31(19-18-26-48-39(44)47-10)37(49-30-32-22-24-34(45-8)25-23-32)21-17-15-16-20-35(50-52(11,12)40(2,3)4)29-36(27-33(42)28-38(43)46-9)51-53(13,14)41(5,6)7/h15-19,21-25,31,35-37H,20,26-30H2,1-14H3/b16-15+,19-18+,21-17-/t31-,35-,36+,37-/m1/s1. The van der Waals surface area contributed by atoms with Crippen molar-refractivity contribution in [2.75, 3.05) is 27.9 Å². The van der Waals surface area contributed by atoms with E-state index in [1.807, 2.05) is 55.5 Å². The minimum absolute atomic E-state index is 0.0225. The van der Waals surface area contributed by atoms with Gasteiger partial charge >= 0.3 is 12.1 Å². The van der Waals surface area contributed by atoms with Gasteiger partial charge in [-0.05, 0) is 66.8 Å². The van der Waals surface area contributed by atoms with Crippen LogP contribution in [0, 0.1) is 5.92 Å². The third kappa shape index (κ3) is 18.2. The summed E-state index contributed by atoms with van der Waals surface area (Å²) in [6, 6.07) is 7.74. The largest absolute Gasteiger partial charge is 0.508 e. The maximum absolute atomic E-state index is 13.0. The van der Waals surface area contributed by atoms with Gasteiger partial charge in [-0.25, -0.2) is 4.79 Å². The number of Topliss-reactive ketones (excluding diaryl/α,β-unsaturated/α-hetero) is 1. The molecule has 4 atom stereocenters. The smallest absolute Gasteiger partial charge is 0.497 e. The Bertz CT molecular complexity index is 1350. The van der Waals surface area contributed by atoms with E-state index in [0.29, 0.717) is 19.4 Å². The van der Waals surface area contributed by atoms with Crippen LogP contribution >= 0.6 is 0 Å². The molecule has 0 radical (unpaired) electrons. The van der Waals surface area contributed by atoms with Crippen molar-refractivity contribution < 1.29 is 46.9 Å². The average Bonchev–Trinajstić information content (AvgIpc) is 3.06. The Kier molecular flexibility index (Phi) is 20.3. The summed E-state index contributed by atoms with van der Waals surface area (Å²) >= 11 is 0. The summed E-state index contributed by atoms with van der Waals surface area (Å²) in [4.78, 5) is 36.3. The van der Waals surface area contributed by atoms with Crippen molar-refractivity contribution in [3.8, 4) is 5.75 Å². The average molecular weight is 777 g/mol. The molecule has 12 heteroatoms. The highest BCUT2D eigenvalue weighted by atomic mass is 28.4. The Morgan fingerprint density at radius 1 is 0.774 bits per heavy atom. The predicted molar refractivity (Wildman–Crippen MR) is 216 cm³/mol. The molecular formula is C41H68O10Si2. The van der Waals surface area contributed by atoms with Crippen LogP contribution in [-0.4, -0.2) is 80.8 Å². The normalized spacial score (nSPS) is 15.4. The van der Waals surface area contributed by atoms with E-state index in [-0.39, 0.29) is 53.4 Å². The van der Waals surface area contributed by atoms with Crippen LogP contribution in [0.1, 0.15) is 79.7 Å². The molecule has 0 bridgehead atoms. The predicted octanol–water partition coefficient (Wildman–Crippen LogP) is 9.75. The summed E-state index contributed by atoms with van der Waals surface area (Å²) in [6.07, 6.45) is 11.1. The van der Waals surface area contributed by atoms with Crippen LogP contribution in [-0.2, 0) is 44.0 Å². The van der Waals surface area contributed by atoms with Gasteiger partial charge in [0.2, 0.25) is 0 Å².